The van der Waals surface area contributed by atoms with Crippen LogP contribution in [0.4, 0.5) is 17.3 Å². The van der Waals surface area contributed by atoms with Gasteiger partial charge in [-0.05, 0) is 55.8 Å². The van der Waals surface area contributed by atoms with Crippen LogP contribution in [0.1, 0.15) is 21.6 Å². The number of carbonyl (C=O) groups is 1. The Hall–Kier alpha value is -3.73. The standard InChI is InChI=1S/C18H16N4O6S/c1-11-12(2)20-28-18(11)21-29(26,27)16-9-5-14(6-10-16)19-17(23)13-3-7-15(8-4-13)22(24)25/h3-10H,1-2H3,(H2,19,20,21,23)/p-1. The highest BCUT2D eigenvalue weighted by atomic mass is 32.2. The van der Waals surface area contributed by atoms with E-state index in [0.29, 0.717) is 16.9 Å². The molecule has 3 rings (SSSR count). The molecular formula is C18H15N4O6S-. The summed E-state index contributed by atoms with van der Waals surface area (Å²) in [7, 11) is -4.02. The van der Waals surface area contributed by atoms with Crippen molar-refractivity contribution in [3.63, 3.8) is 0 Å². The number of carbonyl (C=O) groups excluding carboxylic acids is 1. The van der Waals surface area contributed by atoms with Crippen LogP contribution in [-0.4, -0.2) is 24.4 Å². The van der Waals surface area contributed by atoms with E-state index in [0.717, 1.165) is 0 Å². The molecular weight excluding hydrogens is 400 g/mol. The molecule has 0 spiro atoms. The summed E-state index contributed by atoms with van der Waals surface area (Å²) < 4.78 is 33.4. The first kappa shape index (κ1) is 20.0. The number of anilines is 1. The lowest BCUT2D eigenvalue weighted by Crippen LogP contribution is -2.12. The summed E-state index contributed by atoms with van der Waals surface area (Å²) in [5, 5.41) is 16.9. The van der Waals surface area contributed by atoms with Crippen molar-refractivity contribution in [2.75, 3.05) is 5.32 Å². The van der Waals surface area contributed by atoms with Gasteiger partial charge in [0.25, 0.3) is 11.6 Å². The van der Waals surface area contributed by atoms with Crippen LogP contribution in [0.15, 0.2) is 57.9 Å². The van der Waals surface area contributed by atoms with Crippen molar-refractivity contribution in [2.45, 2.75) is 18.7 Å². The van der Waals surface area contributed by atoms with Gasteiger partial charge in [-0.2, -0.15) is 0 Å². The summed E-state index contributed by atoms with van der Waals surface area (Å²) >= 11 is 0. The summed E-state index contributed by atoms with van der Waals surface area (Å²) in [5.74, 6) is -0.578. The number of nitro groups is 1. The van der Waals surface area contributed by atoms with E-state index < -0.39 is 20.9 Å². The zero-order valence-electron chi connectivity index (χ0n) is 15.3. The fourth-order valence-corrected chi connectivity index (χ4v) is 3.27. The Labute approximate surface area is 165 Å². The smallest absolute Gasteiger partial charge is 0.269 e. The number of rotatable bonds is 6. The zero-order chi connectivity index (χ0) is 21.2. The van der Waals surface area contributed by atoms with Gasteiger partial charge in [-0.25, -0.2) is 8.42 Å². The maximum atomic E-state index is 12.4. The van der Waals surface area contributed by atoms with Gasteiger partial charge in [0.1, 0.15) is 10.0 Å². The van der Waals surface area contributed by atoms with Gasteiger partial charge in [0, 0.05) is 23.4 Å². The number of nitrogens with zero attached hydrogens (tertiary/aromatic N) is 3. The van der Waals surface area contributed by atoms with Crippen LogP contribution in [0, 0.1) is 24.0 Å². The second-order valence-corrected chi connectivity index (χ2v) is 7.65. The Morgan fingerprint density at radius 3 is 2.24 bits per heavy atom. The van der Waals surface area contributed by atoms with Gasteiger partial charge in [-0.1, -0.05) is 5.16 Å². The predicted octanol–water partition coefficient (Wildman–Crippen LogP) is 3.85. The molecule has 1 N–H and O–H groups in total. The number of hydrogen-bond donors (Lipinski definition) is 1. The molecule has 0 radical (unpaired) electrons. The minimum Gasteiger partial charge on any atom is -0.539 e. The third-order valence-corrected chi connectivity index (χ3v) is 5.36. The van der Waals surface area contributed by atoms with Crippen LogP contribution in [0.2, 0.25) is 0 Å². The number of aryl methyl sites for hydroxylation is 1. The normalized spacial score (nSPS) is 11.1. The molecule has 0 aliphatic heterocycles. The Balaban J connectivity index is 1.71. The minimum atomic E-state index is -4.02. The molecule has 0 aliphatic carbocycles. The molecule has 2 aromatic carbocycles. The summed E-state index contributed by atoms with van der Waals surface area (Å²) in [5.41, 5.74) is 1.51. The van der Waals surface area contributed by atoms with Crippen molar-refractivity contribution < 1.29 is 22.7 Å². The molecule has 0 atom stereocenters. The third-order valence-electron chi connectivity index (χ3n) is 4.09. The lowest BCUT2D eigenvalue weighted by Gasteiger charge is -2.19. The van der Waals surface area contributed by atoms with E-state index >= 15 is 0 Å². The number of amides is 1. The van der Waals surface area contributed by atoms with E-state index in [9.17, 15) is 23.3 Å². The summed E-state index contributed by atoms with van der Waals surface area (Å²) in [6, 6.07) is 10.5. The van der Waals surface area contributed by atoms with Crippen molar-refractivity contribution in [1.29, 1.82) is 0 Å². The fourth-order valence-electron chi connectivity index (χ4n) is 2.30. The number of nitrogens with one attached hydrogen (secondary N) is 1. The Bertz CT molecular complexity index is 1170. The van der Waals surface area contributed by atoms with Gasteiger partial charge in [0.2, 0.25) is 0 Å². The Kier molecular flexibility index (Phi) is 5.33. The van der Waals surface area contributed by atoms with Crippen LogP contribution < -0.4 is 5.32 Å². The van der Waals surface area contributed by atoms with Crippen LogP contribution >= 0.6 is 0 Å². The predicted molar refractivity (Wildman–Crippen MR) is 104 cm³/mol. The van der Waals surface area contributed by atoms with E-state index in [2.05, 4.69) is 15.2 Å². The average molecular weight is 415 g/mol. The Morgan fingerprint density at radius 1 is 1.10 bits per heavy atom. The highest BCUT2D eigenvalue weighted by Crippen LogP contribution is 2.32. The largest absolute Gasteiger partial charge is 0.539 e. The second kappa shape index (κ2) is 7.72. The summed E-state index contributed by atoms with van der Waals surface area (Å²) in [4.78, 5) is 22.2. The molecule has 29 heavy (non-hydrogen) atoms. The van der Waals surface area contributed by atoms with Crippen molar-refractivity contribution >= 4 is 33.2 Å². The van der Waals surface area contributed by atoms with Crippen LogP contribution in [0.5, 0.6) is 0 Å². The molecule has 11 heteroatoms. The molecule has 0 saturated carbocycles. The second-order valence-electron chi connectivity index (χ2n) is 6.05. The number of hydrogen-bond acceptors (Lipinski definition) is 7. The summed E-state index contributed by atoms with van der Waals surface area (Å²) in [6.45, 7) is 3.32. The zero-order valence-corrected chi connectivity index (χ0v) is 16.1. The number of benzene rings is 2. The van der Waals surface area contributed by atoms with Crippen LogP contribution in [-0.2, 0) is 10.0 Å². The first-order valence-corrected chi connectivity index (χ1v) is 9.68. The van der Waals surface area contributed by atoms with Gasteiger partial charge >= 0.3 is 0 Å². The number of sulfonamides is 1. The molecule has 10 nitrogen and oxygen atoms in total. The fraction of sp³-hybridized carbons (Fsp3) is 0.111. The van der Waals surface area contributed by atoms with Crippen LogP contribution in [0.25, 0.3) is 4.72 Å². The highest BCUT2D eigenvalue weighted by molar-refractivity contribution is 7.94. The number of non-ortho nitro benzene ring substituents is 1. The van der Waals surface area contributed by atoms with Gasteiger partial charge in [-0.3, -0.25) is 14.9 Å². The lowest BCUT2D eigenvalue weighted by molar-refractivity contribution is -0.384. The minimum absolute atomic E-state index is 0.0840. The van der Waals surface area contributed by atoms with Gasteiger partial charge in [-0.15, -0.1) is 0 Å². The monoisotopic (exact) mass is 415 g/mol. The molecule has 0 saturated heterocycles. The van der Waals surface area contributed by atoms with Crippen molar-refractivity contribution in [3.8, 4) is 0 Å². The molecule has 0 aliphatic rings. The van der Waals surface area contributed by atoms with Gasteiger partial charge < -0.3 is 14.6 Å². The quantitative estimate of drug-likeness (QED) is 0.475. The summed E-state index contributed by atoms with van der Waals surface area (Å²) in [6.07, 6.45) is 0. The molecule has 1 aromatic heterocycles. The van der Waals surface area contributed by atoms with E-state index in [1.165, 1.54) is 48.5 Å². The molecule has 1 heterocycles. The molecule has 3 aromatic rings. The van der Waals surface area contributed by atoms with Gasteiger partial charge in [0.15, 0.2) is 0 Å². The molecule has 150 valence electrons. The van der Waals surface area contributed by atoms with E-state index in [1.54, 1.807) is 13.8 Å². The SMILES string of the molecule is Cc1noc([N-]S(=O)(=O)c2ccc(NC(=O)c3ccc([N+](=O)[O-])cc3)cc2)c1C. The van der Waals surface area contributed by atoms with Gasteiger partial charge in [0.05, 0.1) is 21.4 Å². The van der Waals surface area contributed by atoms with E-state index in [1.807, 2.05) is 0 Å². The van der Waals surface area contributed by atoms with Crippen molar-refractivity contribution in [2.24, 2.45) is 0 Å². The van der Waals surface area contributed by atoms with Crippen molar-refractivity contribution in [1.82, 2.24) is 5.16 Å². The molecule has 0 unspecified atom stereocenters. The highest BCUT2D eigenvalue weighted by Gasteiger charge is 2.12. The average Bonchev–Trinajstić information content (AvgIpc) is 3.00. The third kappa shape index (κ3) is 4.41. The van der Waals surface area contributed by atoms with E-state index in [4.69, 9.17) is 4.52 Å². The van der Waals surface area contributed by atoms with Crippen molar-refractivity contribution in [3.05, 3.63) is 80.2 Å². The number of aromatic nitrogens is 1. The topological polar surface area (TPSA) is 147 Å². The van der Waals surface area contributed by atoms with E-state index in [-0.39, 0.29) is 22.0 Å². The first-order valence-electron chi connectivity index (χ1n) is 8.24. The maximum Gasteiger partial charge on any atom is 0.269 e. The first-order chi connectivity index (χ1) is 13.7. The Morgan fingerprint density at radius 2 is 1.72 bits per heavy atom. The lowest BCUT2D eigenvalue weighted by atomic mass is 10.2. The molecule has 1 amide bonds. The maximum absolute atomic E-state index is 12.4. The molecule has 0 bridgehead atoms. The van der Waals surface area contributed by atoms with Crippen LogP contribution in [0.3, 0.4) is 0 Å². The number of nitro benzene ring substituents is 1. The molecule has 0 fully saturated rings.